The second kappa shape index (κ2) is 7.29. The fraction of sp³-hybridized carbons (Fsp3) is 0.269. The van der Waals surface area contributed by atoms with Crippen LogP contribution in [0.4, 0.5) is 5.69 Å². The quantitative estimate of drug-likeness (QED) is 0.455. The minimum atomic E-state index is -0.510. The van der Waals surface area contributed by atoms with Crippen LogP contribution in [0.2, 0.25) is 0 Å². The molecule has 3 aromatic rings. The molecule has 6 heteroatoms. The van der Waals surface area contributed by atoms with Crippen LogP contribution in [0.5, 0.6) is 11.5 Å². The molecule has 2 saturated carbocycles. The van der Waals surface area contributed by atoms with E-state index < -0.39 is 11.2 Å². The Bertz CT molecular complexity index is 1200. The van der Waals surface area contributed by atoms with Crippen LogP contribution in [0, 0.1) is 0 Å². The molecule has 1 aliphatic heterocycles. The number of carbonyl (C=O) groups is 1. The number of anilines is 1. The van der Waals surface area contributed by atoms with E-state index in [2.05, 4.69) is 5.32 Å². The van der Waals surface area contributed by atoms with Gasteiger partial charge in [0, 0.05) is 35.5 Å². The van der Waals surface area contributed by atoms with Crippen molar-refractivity contribution in [3.8, 4) is 22.6 Å². The molecule has 162 valence electrons. The Morgan fingerprint density at radius 2 is 1.66 bits per heavy atom. The maximum Gasteiger partial charge on any atom is 0.251 e. The second-order valence-electron chi connectivity index (χ2n) is 8.86. The summed E-state index contributed by atoms with van der Waals surface area (Å²) >= 11 is 0.730. The van der Waals surface area contributed by atoms with Crippen molar-refractivity contribution in [1.82, 2.24) is 0 Å². The Hall–Kier alpha value is -2.96. The lowest BCUT2D eigenvalue weighted by Crippen LogP contribution is -2.45. The highest BCUT2D eigenvalue weighted by atomic mass is 32.2. The first kappa shape index (κ1) is 19.7. The van der Waals surface area contributed by atoms with Crippen molar-refractivity contribution in [2.75, 3.05) is 5.32 Å². The molecule has 2 N–H and O–H groups in total. The third kappa shape index (κ3) is 3.26. The SMILES string of the molecule is O=C(Nc1cccc(-c2ccc(SO)cc2)c1)C1(c2ccc3c(c2)OC2(CCC2)O3)CC1. The van der Waals surface area contributed by atoms with Crippen LogP contribution < -0.4 is 14.8 Å². The van der Waals surface area contributed by atoms with E-state index in [1.807, 2.05) is 66.7 Å². The highest BCUT2D eigenvalue weighted by Gasteiger charge is 2.53. The van der Waals surface area contributed by atoms with Crippen LogP contribution in [0.1, 0.15) is 37.7 Å². The summed E-state index contributed by atoms with van der Waals surface area (Å²) in [6, 6.07) is 21.5. The van der Waals surface area contributed by atoms with Gasteiger partial charge in [-0.2, -0.15) is 0 Å². The highest BCUT2D eigenvalue weighted by Crippen LogP contribution is 2.54. The summed E-state index contributed by atoms with van der Waals surface area (Å²) in [5.41, 5.74) is 3.29. The summed E-state index contributed by atoms with van der Waals surface area (Å²) in [4.78, 5) is 14.1. The molecule has 32 heavy (non-hydrogen) atoms. The molecule has 3 aromatic carbocycles. The fourth-order valence-corrected chi connectivity index (χ4v) is 4.83. The third-order valence-electron chi connectivity index (χ3n) is 6.80. The standard InChI is InChI=1S/C26H23NO4S/c28-24(27-20-4-1-3-18(15-20)17-5-8-21(32-29)9-6-17)25(13-14-25)19-7-10-22-23(16-19)31-26(30-22)11-2-12-26/h1,3-10,15-16,29H,2,11-14H2,(H,27,28). The molecule has 1 amide bonds. The number of nitrogens with one attached hydrogen (secondary N) is 1. The van der Waals surface area contributed by atoms with E-state index in [4.69, 9.17) is 14.0 Å². The molecular formula is C26H23NO4S. The van der Waals surface area contributed by atoms with E-state index in [1.54, 1.807) is 0 Å². The first-order valence-electron chi connectivity index (χ1n) is 11.0. The summed E-state index contributed by atoms with van der Waals surface area (Å²) in [5.74, 6) is 1.09. The normalized spacial score (nSPS) is 18.8. The Balaban J connectivity index is 1.21. The Morgan fingerprint density at radius 1 is 0.875 bits per heavy atom. The molecule has 0 saturated heterocycles. The lowest BCUT2D eigenvalue weighted by atomic mass is 9.91. The van der Waals surface area contributed by atoms with E-state index in [0.717, 1.165) is 82.9 Å². The average Bonchev–Trinajstić information content (AvgIpc) is 3.52. The number of amides is 1. The fourth-order valence-electron chi connectivity index (χ4n) is 4.57. The molecular weight excluding hydrogens is 422 g/mol. The molecule has 1 heterocycles. The maximum atomic E-state index is 13.3. The number of fused-ring (bicyclic) bond motifs is 1. The Kier molecular flexibility index (Phi) is 4.49. The van der Waals surface area contributed by atoms with Gasteiger partial charge in [-0.15, -0.1) is 0 Å². The maximum absolute atomic E-state index is 13.3. The summed E-state index contributed by atoms with van der Waals surface area (Å²) < 4.78 is 21.3. The zero-order valence-corrected chi connectivity index (χ0v) is 18.3. The predicted molar refractivity (Wildman–Crippen MR) is 124 cm³/mol. The molecule has 0 radical (unpaired) electrons. The molecule has 0 unspecified atom stereocenters. The highest BCUT2D eigenvalue weighted by molar-refractivity contribution is 7.93. The number of carbonyl (C=O) groups excluding carboxylic acids is 1. The number of hydrogen-bond donors (Lipinski definition) is 2. The number of benzene rings is 3. The minimum absolute atomic E-state index is 0.0129. The number of ether oxygens (including phenoxy) is 2. The van der Waals surface area contributed by atoms with Gasteiger partial charge in [0.1, 0.15) is 0 Å². The first-order valence-corrected chi connectivity index (χ1v) is 11.7. The van der Waals surface area contributed by atoms with Gasteiger partial charge in [-0.3, -0.25) is 4.79 Å². The molecule has 5 nitrogen and oxygen atoms in total. The molecule has 0 aromatic heterocycles. The van der Waals surface area contributed by atoms with Gasteiger partial charge in [-0.05, 0) is 72.4 Å². The van der Waals surface area contributed by atoms with Crippen LogP contribution in [0.15, 0.2) is 71.6 Å². The summed E-state index contributed by atoms with van der Waals surface area (Å²) in [5, 5.41) is 3.13. The molecule has 0 bridgehead atoms. The first-order chi connectivity index (χ1) is 15.6. The van der Waals surface area contributed by atoms with Gasteiger partial charge in [0.05, 0.1) is 5.41 Å². The smallest absolute Gasteiger partial charge is 0.251 e. The zero-order valence-electron chi connectivity index (χ0n) is 17.5. The second-order valence-corrected chi connectivity index (χ2v) is 9.52. The van der Waals surface area contributed by atoms with Crippen molar-refractivity contribution in [2.24, 2.45) is 0 Å². The lowest BCUT2D eigenvalue weighted by Gasteiger charge is -2.35. The average molecular weight is 446 g/mol. The minimum Gasteiger partial charge on any atom is -0.448 e. The number of rotatable bonds is 5. The van der Waals surface area contributed by atoms with Crippen LogP contribution in [-0.2, 0) is 10.2 Å². The monoisotopic (exact) mass is 445 g/mol. The largest absolute Gasteiger partial charge is 0.448 e. The molecule has 2 aliphatic carbocycles. The lowest BCUT2D eigenvalue weighted by molar-refractivity contribution is -0.138. The summed E-state index contributed by atoms with van der Waals surface area (Å²) in [7, 11) is 0. The van der Waals surface area contributed by atoms with Crippen LogP contribution >= 0.6 is 12.0 Å². The topological polar surface area (TPSA) is 67.8 Å². The van der Waals surface area contributed by atoms with Crippen molar-refractivity contribution in [3.63, 3.8) is 0 Å². The van der Waals surface area contributed by atoms with Gasteiger partial charge >= 0.3 is 0 Å². The van der Waals surface area contributed by atoms with Crippen molar-refractivity contribution < 1.29 is 18.8 Å². The summed E-state index contributed by atoms with van der Waals surface area (Å²) in [6.45, 7) is 0. The molecule has 6 rings (SSSR count). The Labute approximate surface area is 191 Å². The van der Waals surface area contributed by atoms with Crippen LogP contribution in [0.3, 0.4) is 0 Å². The van der Waals surface area contributed by atoms with E-state index in [1.165, 1.54) is 0 Å². The van der Waals surface area contributed by atoms with Crippen LogP contribution in [0.25, 0.3) is 11.1 Å². The van der Waals surface area contributed by atoms with Gasteiger partial charge in [-0.1, -0.05) is 30.3 Å². The molecule has 1 spiro atoms. The zero-order chi connectivity index (χ0) is 21.8. The molecule has 2 fully saturated rings. The van der Waals surface area contributed by atoms with E-state index in [9.17, 15) is 4.79 Å². The van der Waals surface area contributed by atoms with Crippen LogP contribution in [-0.4, -0.2) is 16.2 Å². The molecule has 0 atom stereocenters. The van der Waals surface area contributed by atoms with Crippen molar-refractivity contribution in [3.05, 3.63) is 72.3 Å². The van der Waals surface area contributed by atoms with E-state index in [-0.39, 0.29) is 5.91 Å². The van der Waals surface area contributed by atoms with Crippen molar-refractivity contribution >= 4 is 23.6 Å². The van der Waals surface area contributed by atoms with Gasteiger partial charge in [0.2, 0.25) is 5.91 Å². The van der Waals surface area contributed by atoms with Crippen molar-refractivity contribution in [2.45, 2.75) is 48.2 Å². The Morgan fingerprint density at radius 3 is 2.34 bits per heavy atom. The molecule has 3 aliphatic rings. The summed E-state index contributed by atoms with van der Waals surface area (Å²) in [6.07, 6.45) is 4.60. The van der Waals surface area contributed by atoms with Gasteiger partial charge in [0.25, 0.3) is 5.79 Å². The van der Waals surface area contributed by atoms with Gasteiger partial charge in [0.15, 0.2) is 11.5 Å². The van der Waals surface area contributed by atoms with Crippen molar-refractivity contribution in [1.29, 1.82) is 0 Å². The van der Waals surface area contributed by atoms with E-state index >= 15 is 0 Å². The van der Waals surface area contributed by atoms with Gasteiger partial charge in [-0.25, -0.2) is 0 Å². The number of hydrogen-bond acceptors (Lipinski definition) is 5. The predicted octanol–water partition coefficient (Wildman–Crippen LogP) is 6.24. The van der Waals surface area contributed by atoms with Gasteiger partial charge < -0.3 is 19.3 Å². The van der Waals surface area contributed by atoms with E-state index in [0.29, 0.717) is 0 Å². The third-order valence-corrected chi connectivity index (χ3v) is 7.28.